The number of allylic oxidation sites excluding steroid dienone is 2. The van der Waals surface area contributed by atoms with E-state index in [2.05, 4.69) is 12.2 Å². The van der Waals surface area contributed by atoms with E-state index in [0.29, 0.717) is 12.8 Å². The second-order valence-corrected chi connectivity index (χ2v) is 6.15. The van der Waals surface area contributed by atoms with Crippen LogP contribution in [0.25, 0.3) is 0 Å². The van der Waals surface area contributed by atoms with Crippen LogP contribution in [0.2, 0.25) is 0 Å². The van der Waals surface area contributed by atoms with Crippen LogP contribution in [0.3, 0.4) is 0 Å². The number of hydrogen-bond donors (Lipinski definition) is 1. The predicted molar refractivity (Wildman–Crippen MR) is 70.5 cm³/mol. The number of fused-ring (bicyclic) bond motifs is 2. The van der Waals surface area contributed by atoms with Gasteiger partial charge in [-0.25, -0.2) is 0 Å². The van der Waals surface area contributed by atoms with Gasteiger partial charge >= 0.3 is 5.97 Å². The molecule has 2 heterocycles. The maximum atomic E-state index is 12.6. The summed E-state index contributed by atoms with van der Waals surface area (Å²) in [5.41, 5.74) is -0.690. The maximum absolute atomic E-state index is 12.6. The van der Waals surface area contributed by atoms with Gasteiger partial charge in [-0.2, -0.15) is 0 Å². The molecule has 4 heteroatoms. The molecule has 1 aliphatic carbocycles. The Morgan fingerprint density at radius 2 is 2.00 bits per heavy atom. The molecule has 2 saturated heterocycles. The van der Waals surface area contributed by atoms with Gasteiger partial charge in [0.05, 0.1) is 5.41 Å². The second-order valence-electron chi connectivity index (χ2n) is 6.15. The molecule has 0 aromatic heterocycles. The van der Waals surface area contributed by atoms with Crippen molar-refractivity contribution in [2.24, 2.45) is 11.3 Å². The lowest BCUT2D eigenvalue weighted by Crippen LogP contribution is -2.46. The Bertz CT molecular complexity index is 437. The molecule has 2 aliphatic heterocycles. The molecule has 1 amide bonds. The first-order valence-electron chi connectivity index (χ1n) is 7.30. The molecule has 1 N–H and O–H groups in total. The van der Waals surface area contributed by atoms with Gasteiger partial charge < -0.3 is 10.0 Å². The number of aliphatic carboxylic acids is 1. The highest BCUT2D eigenvalue weighted by Gasteiger charge is 2.60. The lowest BCUT2D eigenvalue weighted by molar-refractivity contribution is -0.152. The zero-order valence-electron chi connectivity index (χ0n) is 11.3. The lowest BCUT2D eigenvalue weighted by Gasteiger charge is -2.33. The van der Waals surface area contributed by atoms with E-state index in [9.17, 15) is 14.7 Å². The van der Waals surface area contributed by atoms with Crippen LogP contribution < -0.4 is 0 Å². The van der Waals surface area contributed by atoms with Gasteiger partial charge in [0.15, 0.2) is 0 Å². The van der Waals surface area contributed by atoms with Crippen molar-refractivity contribution in [1.82, 2.24) is 4.90 Å². The van der Waals surface area contributed by atoms with Crippen molar-refractivity contribution >= 4 is 11.9 Å². The summed E-state index contributed by atoms with van der Waals surface area (Å²) < 4.78 is 0. The summed E-state index contributed by atoms with van der Waals surface area (Å²) in [6, 6.07) is 0.0854. The molecule has 0 spiro atoms. The van der Waals surface area contributed by atoms with Crippen molar-refractivity contribution < 1.29 is 14.7 Å². The Morgan fingerprint density at radius 1 is 1.32 bits per heavy atom. The number of amides is 1. The van der Waals surface area contributed by atoms with Crippen LogP contribution in [0, 0.1) is 11.3 Å². The summed E-state index contributed by atoms with van der Waals surface area (Å²) in [6.07, 6.45) is 8.87. The molecule has 3 rings (SSSR count). The van der Waals surface area contributed by atoms with Crippen molar-refractivity contribution in [3.63, 3.8) is 0 Å². The van der Waals surface area contributed by atoms with Crippen LogP contribution in [-0.4, -0.2) is 34.0 Å². The third kappa shape index (κ3) is 1.65. The van der Waals surface area contributed by atoms with E-state index in [1.165, 1.54) is 0 Å². The SMILES string of the molecule is CC[C@@]1(C(=O)O)C[C@@H]2CC[C@H]1N2C(=O)C1CC=CC1. The number of hydrogen-bond acceptors (Lipinski definition) is 2. The van der Waals surface area contributed by atoms with Crippen LogP contribution in [0.1, 0.15) is 45.4 Å². The molecule has 2 fully saturated rings. The van der Waals surface area contributed by atoms with Gasteiger partial charge in [0, 0.05) is 18.0 Å². The first-order valence-corrected chi connectivity index (χ1v) is 7.30. The Morgan fingerprint density at radius 3 is 2.53 bits per heavy atom. The minimum atomic E-state index is -0.718. The van der Waals surface area contributed by atoms with Crippen LogP contribution in [0.4, 0.5) is 0 Å². The molecule has 0 unspecified atom stereocenters. The standard InChI is InChI=1S/C15H21NO3/c1-2-15(14(18)19)9-11-7-8-12(15)16(11)13(17)10-5-3-4-6-10/h3-4,10-12H,2,5-9H2,1H3,(H,18,19)/t11-,12+,15+/m0/s1. The van der Waals surface area contributed by atoms with Gasteiger partial charge in [-0.15, -0.1) is 0 Å². The molecule has 0 saturated carbocycles. The number of carboxylic acid groups (broad SMARTS) is 1. The number of nitrogens with zero attached hydrogens (tertiary/aromatic N) is 1. The molecular weight excluding hydrogens is 242 g/mol. The Balaban J connectivity index is 1.85. The highest BCUT2D eigenvalue weighted by atomic mass is 16.4. The molecule has 0 aromatic rings. The maximum Gasteiger partial charge on any atom is 0.311 e. The van der Waals surface area contributed by atoms with Crippen molar-refractivity contribution in [1.29, 1.82) is 0 Å². The molecule has 0 aromatic carbocycles. The van der Waals surface area contributed by atoms with Crippen molar-refractivity contribution in [2.45, 2.75) is 57.5 Å². The quantitative estimate of drug-likeness (QED) is 0.794. The summed E-state index contributed by atoms with van der Waals surface area (Å²) >= 11 is 0. The van der Waals surface area contributed by atoms with Crippen LogP contribution in [0.15, 0.2) is 12.2 Å². The third-order valence-electron chi connectivity index (χ3n) is 5.41. The second kappa shape index (κ2) is 4.36. The Hall–Kier alpha value is -1.32. The van der Waals surface area contributed by atoms with Crippen molar-refractivity contribution in [2.75, 3.05) is 0 Å². The Labute approximate surface area is 113 Å². The molecule has 3 aliphatic rings. The van der Waals surface area contributed by atoms with Gasteiger partial charge in [0.1, 0.15) is 0 Å². The number of carbonyl (C=O) groups is 2. The first kappa shape index (κ1) is 12.7. The zero-order chi connectivity index (χ0) is 13.6. The highest BCUT2D eigenvalue weighted by Crippen LogP contribution is 2.52. The highest BCUT2D eigenvalue weighted by molar-refractivity contribution is 5.84. The summed E-state index contributed by atoms with van der Waals surface area (Å²) in [5, 5.41) is 9.60. The zero-order valence-corrected chi connectivity index (χ0v) is 11.3. The third-order valence-corrected chi connectivity index (χ3v) is 5.41. The fraction of sp³-hybridized carbons (Fsp3) is 0.733. The first-order chi connectivity index (χ1) is 9.10. The minimum absolute atomic E-state index is 0.0598. The minimum Gasteiger partial charge on any atom is -0.481 e. The van der Waals surface area contributed by atoms with E-state index in [-0.39, 0.29) is 23.9 Å². The van der Waals surface area contributed by atoms with Crippen LogP contribution in [-0.2, 0) is 9.59 Å². The van der Waals surface area contributed by atoms with E-state index in [4.69, 9.17) is 0 Å². The number of carboxylic acids is 1. The molecule has 2 bridgehead atoms. The van der Waals surface area contributed by atoms with Crippen LogP contribution >= 0.6 is 0 Å². The van der Waals surface area contributed by atoms with Gasteiger partial charge in [-0.05, 0) is 38.5 Å². The predicted octanol–water partition coefficient (Wildman–Crippen LogP) is 2.20. The molecule has 104 valence electrons. The largest absolute Gasteiger partial charge is 0.481 e. The summed E-state index contributed by atoms with van der Waals surface area (Å²) in [6.45, 7) is 1.94. The van der Waals surface area contributed by atoms with E-state index in [1.54, 1.807) is 0 Å². The lowest BCUT2D eigenvalue weighted by atomic mass is 9.72. The van der Waals surface area contributed by atoms with Gasteiger partial charge in [-0.3, -0.25) is 9.59 Å². The number of carbonyl (C=O) groups excluding carboxylic acids is 1. The van der Waals surface area contributed by atoms with E-state index in [0.717, 1.165) is 25.7 Å². The summed E-state index contributed by atoms with van der Waals surface area (Å²) in [7, 11) is 0. The summed E-state index contributed by atoms with van der Waals surface area (Å²) in [5.74, 6) is -0.469. The van der Waals surface area contributed by atoms with Gasteiger partial charge in [-0.1, -0.05) is 19.1 Å². The van der Waals surface area contributed by atoms with Crippen molar-refractivity contribution in [3.8, 4) is 0 Å². The average Bonchev–Trinajstić information content (AvgIpc) is 3.12. The molecule has 4 nitrogen and oxygen atoms in total. The number of rotatable bonds is 3. The monoisotopic (exact) mass is 263 g/mol. The summed E-state index contributed by atoms with van der Waals surface area (Å²) in [4.78, 5) is 26.3. The van der Waals surface area contributed by atoms with E-state index >= 15 is 0 Å². The molecule has 19 heavy (non-hydrogen) atoms. The van der Waals surface area contributed by atoms with Crippen LogP contribution in [0.5, 0.6) is 0 Å². The van der Waals surface area contributed by atoms with Crippen molar-refractivity contribution in [3.05, 3.63) is 12.2 Å². The molecule has 3 atom stereocenters. The van der Waals surface area contributed by atoms with E-state index in [1.807, 2.05) is 11.8 Å². The normalized spacial score (nSPS) is 37.2. The van der Waals surface area contributed by atoms with Gasteiger partial charge in [0.25, 0.3) is 0 Å². The fourth-order valence-electron chi connectivity index (χ4n) is 4.31. The smallest absolute Gasteiger partial charge is 0.311 e. The topological polar surface area (TPSA) is 57.6 Å². The van der Waals surface area contributed by atoms with E-state index < -0.39 is 11.4 Å². The fourth-order valence-corrected chi connectivity index (χ4v) is 4.31. The average molecular weight is 263 g/mol. The van der Waals surface area contributed by atoms with Gasteiger partial charge in [0.2, 0.25) is 5.91 Å². The Kier molecular flexibility index (Phi) is 2.91. The molecule has 0 radical (unpaired) electrons. The molecular formula is C15H21NO3.